The second kappa shape index (κ2) is 5.97. The molecule has 0 spiro atoms. The minimum absolute atomic E-state index is 0.00600. The van der Waals surface area contributed by atoms with Gasteiger partial charge in [0.2, 0.25) is 0 Å². The van der Waals surface area contributed by atoms with E-state index in [1.807, 2.05) is 18.2 Å². The van der Waals surface area contributed by atoms with Crippen LogP contribution in [0.5, 0.6) is 0 Å². The SMILES string of the molecule is O=C(Nc1ccc(CO)cc1)c1ccc2c(c1)CCCN2. The maximum atomic E-state index is 12.3. The maximum absolute atomic E-state index is 12.3. The summed E-state index contributed by atoms with van der Waals surface area (Å²) in [7, 11) is 0. The summed E-state index contributed by atoms with van der Waals surface area (Å²) in [5, 5.41) is 15.2. The van der Waals surface area contributed by atoms with Gasteiger partial charge in [-0.1, -0.05) is 12.1 Å². The number of benzene rings is 2. The van der Waals surface area contributed by atoms with Crippen LogP contribution in [-0.2, 0) is 13.0 Å². The van der Waals surface area contributed by atoms with Crippen molar-refractivity contribution in [2.75, 3.05) is 17.2 Å². The fourth-order valence-electron chi connectivity index (χ4n) is 2.51. The lowest BCUT2D eigenvalue weighted by molar-refractivity contribution is 0.102. The first-order valence-corrected chi connectivity index (χ1v) is 7.14. The van der Waals surface area contributed by atoms with Crippen LogP contribution >= 0.6 is 0 Å². The molecule has 4 heteroatoms. The summed E-state index contributed by atoms with van der Waals surface area (Å²) in [5.41, 5.74) is 4.55. The van der Waals surface area contributed by atoms with Crippen molar-refractivity contribution in [2.45, 2.75) is 19.4 Å². The number of fused-ring (bicyclic) bond motifs is 1. The lowest BCUT2D eigenvalue weighted by Crippen LogP contribution is -2.15. The standard InChI is InChI=1S/C17H18N2O2/c20-11-12-3-6-15(7-4-12)19-17(21)14-5-8-16-13(10-14)2-1-9-18-16/h3-8,10,18,20H,1-2,9,11H2,(H,19,21). The van der Waals surface area contributed by atoms with Crippen molar-refractivity contribution in [2.24, 2.45) is 0 Å². The van der Waals surface area contributed by atoms with E-state index in [-0.39, 0.29) is 12.5 Å². The molecule has 1 aliphatic heterocycles. The number of amides is 1. The lowest BCUT2D eigenvalue weighted by Gasteiger charge is -2.18. The molecule has 2 aromatic carbocycles. The van der Waals surface area contributed by atoms with Crippen molar-refractivity contribution < 1.29 is 9.90 Å². The summed E-state index contributed by atoms with van der Waals surface area (Å²) in [5.74, 6) is -0.111. The third kappa shape index (κ3) is 3.06. The third-order valence-corrected chi connectivity index (χ3v) is 3.70. The molecule has 0 aromatic heterocycles. The number of aryl methyl sites for hydroxylation is 1. The van der Waals surface area contributed by atoms with Gasteiger partial charge in [0.05, 0.1) is 6.61 Å². The number of aliphatic hydroxyl groups is 1. The molecule has 0 atom stereocenters. The quantitative estimate of drug-likeness (QED) is 0.811. The molecule has 1 amide bonds. The van der Waals surface area contributed by atoms with E-state index in [1.165, 1.54) is 5.56 Å². The van der Waals surface area contributed by atoms with E-state index in [1.54, 1.807) is 24.3 Å². The summed E-state index contributed by atoms with van der Waals surface area (Å²) < 4.78 is 0. The molecule has 0 aliphatic carbocycles. The number of hydrogen-bond donors (Lipinski definition) is 3. The van der Waals surface area contributed by atoms with Gasteiger partial charge in [0.15, 0.2) is 0 Å². The van der Waals surface area contributed by atoms with Gasteiger partial charge in [-0.05, 0) is 54.3 Å². The number of nitrogens with one attached hydrogen (secondary N) is 2. The molecule has 2 aromatic rings. The summed E-state index contributed by atoms with van der Waals surface area (Å²) >= 11 is 0. The summed E-state index contributed by atoms with van der Waals surface area (Å²) in [6.45, 7) is 1.00. The Hall–Kier alpha value is -2.33. The highest BCUT2D eigenvalue weighted by Crippen LogP contribution is 2.23. The highest BCUT2D eigenvalue weighted by atomic mass is 16.3. The first-order chi connectivity index (χ1) is 10.3. The Morgan fingerprint density at radius 1 is 1.19 bits per heavy atom. The average molecular weight is 282 g/mol. The number of aliphatic hydroxyl groups excluding tert-OH is 1. The van der Waals surface area contributed by atoms with Gasteiger partial charge in [0.1, 0.15) is 0 Å². The van der Waals surface area contributed by atoms with Gasteiger partial charge in [0, 0.05) is 23.5 Å². The zero-order chi connectivity index (χ0) is 14.7. The second-order valence-corrected chi connectivity index (χ2v) is 5.21. The predicted molar refractivity (Wildman–Crippen MR) is 83.6 cm³/mol. The van der Waals surface area contributed by atoms with Crippen molar-refractivity contribution in [3.63, 3.8) is 0 Å². The van der Waals surface area contributed by atoms with Crippen molar-refractivity contribution in [3.8, 4) is 0 Å². The molecule has 108 valence electrons. The lowest BCUT2D eigenvalue weighted by atomic mass is 10.0. The smallest absolute Gasteiger partial charge is 0.255 e. The van der Waals surface area contributed by atoms with Crippen molar-refractivity contribution >= 4 is 17.3 Å². The van der Waals surface area contributed by atoms with Gasteiger partial charge >= 0.3 is 0 Å². The zero-order valence-electron chi connectivity index (χ0n) is 11.7. The van der Waals surface area contributed by atoms with Crippen molar-refractivity contribution in [1.82, 2.24) is 0 Å². The van der Waals surface area contributed by atoms with Crippen LogP contribution in [0.15, 0.2) is 42.5 Å². The van der Waals surface area contributed by atoms with E-state index in [0.29, 0.717) is 5.56 Å². The van der Waals surface area contributed by atoms with Gasteiger partial charge < -0.3 is 15.7 Å². The molecule has 21 heavy (non-hydrogen) atoms. The van der Waals surface area contributed by atoms with Gasteiger partial charge in [-0.15, -0.1) is 0 Å². The zero-order valence-corrected chi connectivity index (χ0v) is 11.7. The Morgan fingerprint density at radius 2 is 2.00 bits per heavy atom. The molecule has 0 unspecified atom stereocenters. The Balaban J connectivity index is 1.75. The Labute approximate surface area is 123 Å². The maximum Gasteiger partial charge on any atom is 0.255 e. The van der Waals surface area contributed by atoms with E-state index >= 15 is 0 Å². The largest absolute Gasteiger partial charge is 0.392 e. The van der Waals surface area contributed by atoms with Crippen molar-refractivity contribution in [1.29, 1.82) is 0 Å². The molecule has 3 rings (SSSR count). The monoisotopic (exact) mass is 282 g/mol. The minimum atomic E-state index is -0.111. The number of rotatable bonds is 3. The molecule has 0 saturated carbocycles. The number of hydrogen-bond acceptors (Lipinski definition) is 3. The second-order valence-electron chi connectivity index (χ2n) is 5.21. The normalized spacial score (nSPS) is 13.2. The first kappa shape index (κ1) is 13.6. The van der Waals surface area contributed by atoms with Gasteiger partial charge in [-0.25, -0.2) is 0 Å². The fourth-order valence-corrected chi connectivity index (χ4v) is 2.51. The summed E-state index contributed by atoms with van der Waals surface area (Å²) in [4.78, 5) is 12.3. The van der Waals surface area contributed by atoms with Crippen LogP contribution in [0.4, 0.5) is 11.4 Å². The van der Waals surface area contributed by atoms with Crippen LogP contribution in [0.2, 0.25) is 0 Å². The van der Waals surface area contributed by atoms with Crippen LogP contribution in [-0.4, -0.2) is 17.6 Å². The summed E-state index contributed by atoms with van der Waals surface area (Å²) in [6, 6.07) is 13.0. The van der Waals surface area contributed by atoms with Crippen LogP contribution in [0.25, 0.3) is 0 Å². The molecular weight excluding hydrogens is 264 g/mol. The van der Waals surface area contributed by atoms with Crippen molar-refractivity contribution in [3.05, 3.63) is 59.2 Å². The number of anilines is 2. The molecular formula is C17H18N2O2. The van der Waals surface area contributed by atoms with Crippen LogP contribution in [0.3, 0.4) is 0 Å². The topological polar surface area (TPSA) is 61.4 Å². The highest BCUT2D eigenvalue weighted by Gasteiger charge is 2.12. The Kier molecular flexibility index (Phi) is 3.88. The molecule has 4 nitrogen and oxygen atoms in total. The molecule has 3 N–H and O–H groups in total. The van der Waals surface area contributed by atoms with E-state index in [4.69, 9.17) is 5.11 Å². The number of carbonyl (C=O) groups excluding carboxylic acids is 1. The van der Waals surface area contributed by atoms with Gasteiger partial charge in [-0.2, -0.15) is 0 Å². The summed E-state index contributed by atoms with van der Waals surface area (Å²) in [6.07, 6.45) is 2.11. The molecule has 0 saturated heterocycles. The molecule has 0 fully saturated rings. The van der Waals surface area contributed by atoms with E-state index in [0.717, 1.165) is 36.3 Å². The number of carbonyl (C=O) groups is 1. The fraction of sp³-hybridized carbons (Fsp3) is 0.235. The Bertz CT molecular complexity index is 650. The molecule has 0 bridgehead atoms. The van der Waals surface area contributed by atoms with Gasteiger partial charge in [-0.3, -0.25) is 4.79 Å². The predicted octanol–water partition coefficient (Wildman–Crippen LogP) is 2.79. The first-order valence-electron chi connectivity index (χ1n) is 7.14. The van der Waals surface area contributed by atoms with Crippen LogP contribution < -0.4 is 10.6 Å². The highest BCUT2D eigenvalue weighted by molar-refractivity contribution is 6.04. The minimum Gasteiger partial charge on any atom is -0.392 e. The van der Waals surface area contributed by atoms with E-state index in [2.05, 4.69) is 10.6 Å². The van der Waals surface area contributed by atoms with Crippen LogP contribution in [0.1, 0.15) is 27.9 Å². The third-order valence-electron chi connectivity index (χ3n) is 3.70. The van der Waals surface area contributed by atoms with Crippen LogP contribution in [0, 0.1) is 0 Å². The molecule has 0 radical (unpaired) electrons. The van der Waals surface area contributed by atoms with Gasteiger partial charge in [0.25, 0.3) is 5.91 Å². The Morgan fingerprint density at radius 3 is 2.76 bits per heavy atom. The van der Waals surface area contributed by atoms with E-state index in [9.17, 15) is 4.79 Å². The molecule has 1 heterocycles. The molecule has 1 aliphatic rings. The van der Waals surface area contributed by atoms with E-state index < -0.39 is 0 Å². The average Bonchev–Trinajstić information content (AvgIpc) is 2.55.